The lowest BCUT2D eigenvalue weighted by Crippen LogP contribution is -2.40. The van der Waals surface area contributed by atoms with Crippen molar-refractivity contribution in [2.45, 2.75) is 32.4 Å². The number of nitrogens with one attached hydrogen (secondary N) is 2. The SMILES string of the molecule is CC(=O)Oc1ccccc1CNC(=O)[C@@H]1CCCN1. The molecule has 19 heavy (non-hydrogen) atoms. The third-order valence-electron chi connectivity index (χ3n) is 3.06. The number of esters is 1. The molecular weight excluding hydrogens is 244 g/mol. The fourth-order valence-corrected chi connectivity index (χ4v) is 2.12. The first kappa shape index (κ1) is 13.5. The molecule has 1 aliphatic heterocycles. The van der Waals surface area contributed by atoms with Crippen molar-refractivity contribution >= 4 is 11.9 Å². The van der Waals surface area contributed by atoms with Crippen molar-refractivity contribution in [3.63, 3.8) is 0 Å². The topological polar surface area (TPSA) is 67.4 Å². The monoisotopic (exact) mass is 262 g/mol. The van der Waals surface area contributed by atoms with Crippen LogP contribution in [0, 0.1) is 0 Å². The molecule has 0 aromatic heterocycles. The Morgan fingerprint density at radius 2 is 2.21 bits per heavy atom. The fraction of sp³-hybridized carbons (Fsp3) is 0.429. The van der Waals surface area contributed by atoms with Crippen molar-refractivity contribution in [1.82, 2.24) is 10.6 Å². The number of amides is 1. The number of carbonyl (C=O) groups excluding carboxylic acids is 2. The molecule has 1 saturated heterocycles. The lowest BCUT2D eigenvalue weighted by Gasteiger charge is -2.13. The van der Waals surface area contributed by atoms with Gasteiger partial charge < -0.3 is 15.4 Å². The summed E-state index contributed by atoms with van der Waals surface area (Å²) in [6, 6.07) is 7.10. The molecule has 1 heterocycles. The molecule has 1 atom stereocenters. The summed E-state index contributed by atoms with van der Waals surface area (Å²) in [5.41, 5.74) is 0.795. The minimum atomic E-state index is -0.365. The molecule has 2 N–H and O–H groups in total. The lowest BCUT2D eigenvalue weighted by molar-refractivity contribution is -0.131. The maximum absolute atomic E-state index is 11.9. The van der Waals surface area contributed by atoms with Crippen molar-refractivity contribution < 1.29 is 14.3 Å². The van der Waals surface area contributed by atoms with E-state index in [1.165, 1.54) is 6.92 Å². The highest BCUT2D eigenvalue weighted by Crippen LogP contribution is 2.18. The van der Waals surface area contributed by atoms with Crippen LogP contribution in [0.25, 0.3) is 0 Å². The predicted octanol–water partition coefficient (Wildman–Crippen LogP) is 0.980. The van der Waals surface area contributed by atoms with Gasteiger partial charge in [0.05, 0.1) is 6.04 Å². The molecule has 0 bridgehead atoms. The smallest absolute Gasteiger partial charge is 0.308 e. The molecule has 0 unspecified atom stereocenters. The van der Waals surface area contributed by atoms with E-state index in [0.29, 0.717) is 12.3 Å². The van der Waals surface area contributed by atoms with Gasteiger partial charge in [-0.3, -0.25) is 9.59 Å². The van der Waals surface area contributed by atoms with Crippen LogP contribution in [0.15, 0.2) is 24.3 Å². The standard InChI is InChI=1S/C14H18N2O3/c1-10(17)19-13-7-3-2-5-11(13)9-16-14(18)12-6-4-8-15-12/h2-3,5,7,12,15H,4,6,8-9H2,1H3,(H,16,18)/t12-/m0/s1. The van der Waals surface area contributed by atoms with Gasteiger partial charge in [-0.2, -0.15) is 0 Å². The first-order valence-electron chi connectivity index (χ1n) is 6.44. The van der Waals surface area contributed by atoms with Gasteiger partial charge in [0, 0.05) is 19.0 Å². The van der Waals surface area contributed by atoms with Crippen LogP contribution in [0.1, 0.15) is 25.3 Å². The molecule has 1 aromatic carbocycles. The summed E-state index contributed by atoms with van der Waals surface area (Å²) in [4.78, 5) is 22.9. The first-order valence-corrected chi connectivity index (χ1v) is 6.44. The van der Waals surface area contributed by atoms with Crippen LogP contribution in [0.4, 0.5) is 0 Å². The summed E-state index contributed by atoms with van der Waals surface area (Å²) in [5.74, 6) is 0.126. The number of para-hydroxylation sites is 1. The number of benzene rings is 1. The van der Waals surface area contributed by atoms with Crippen LogP contribution < -0.4 is 15.4 Å². The van der Waals surface area contributed by atoms with E-state index >= 15 is 0 Å². The second kappa shape index (κ2) is 6.33. The summed E-state index contributed by atoms with van der Waals surface area (Å²) in [5, 5.41) is 6.00. The van der Waals surface area contributed by atoms with Gasteiger partial charge in [0.15, 0.2) is 0 Å². The molecule has 0 aliphatic carbocycles. The molecule has 1 fully saturated rings. The average molecular weight is 262 g/mol. The molecule has 1 aliphatic rings. The van der Waals surface area contributed by atoms with Crippen molar-refractivity contribution in [2.75, 3.05) is 6.54 Å². The second-order valence-corrected chi connectivity index (χ2v) is 4.57. The molecule has 1 aromatic rings. The predicted molar refractivity (Wildman–Crippen MR) is 70.6 cm³/mol. The Hall–Kier alpha value is -1.88. The van der Waals surface area contributed by atoms with Gasteiger partial charge in [-0.1, -0.05) is 18.2 Å². The molecular formula is C14H18N2O3. The van der Waals surface area contributed by atoms with Gasteiger partial charge in [0.1, 0.15) is 5.75 Å². The minimum absolute atomic E-state index is 0.00451. The number of hydrogen-bond acceptors (Lipinski definition) is 4. The second-order valence-electron chi connectivity index (χ2n) is 4.57. The fourth-order valence-electron chi connectivity index (χ4n) is 2.12. The van der Waals surface area contributed by atoms with Gasteiger partial charge in [-0.15, -0.1) is 0 Å². The van der Waals surface area contributed by atoms with Gasteiger partial charge in [0.2, 0.25) is 5.91 Å². The molecule has 5 heteroatoms. The highest BCUT2D eigenvalue weighted by molar-refractivity contribution is 5.82. The molecule has 2 rings (SSSR count). The van der Waals surface area contributed by atoms with E-state index < -0.39 is 0 Å². The molecule has 0 saturated carbocycles. The molecule has 1 amide bonds. The maximum atomic E-state index is 11.9. The van der Waals surface area contributed by atoms with E-state index in [0.717, 1.165) is 24.9 Å². The van der Waals surface area contributed by atoms with E-state index in [1.807, 2.05) is 12.1 Å². The lowest BCUT2D eigenvalue weighted by atomic mass is 10.2. The van der Waals surface area contributed by atoms with Crippen LogP contribution >= 0.6 is 0 Å². The Kier molecular flexibility index (Phi) is 4.52. The summed E-state index contributed by atoms with van der Waals surface area (Å²) >= 11 is 0. The summed E-state index contributed by atoms with van der Waals surface area (Å²) in [7, 11) is 0. The Balaban J connectivity index is 1.94. The number of rotatable bonds is 4. The van der Waals surface area contributed by atoms with Crippen LogP contribution in [-0.2, 0) is 16.1 Å². The zero-order valence-corrected chi connectivity index (χ0v) is 10.9. The summed E-state index contributed by atoms with van der Waals surface area (Å²) in [6.07, 6.45) is 1.90. The van der Waals surface area contributed by atoms with Gasteiger partial charge in [0.25, 0.3) is 0 Å². The van der Waals surface area contributed by atoms with E-state index in [9.17, 15) is 9.59 Å². The Bertz CT molecular complexity index is 468. The van der Waals surface area contributed by atoms with Crippen molar-refractivity contribution in [3.8, 4) is 5.75 Å². The van der Waals surface area contributed by atoms with Crippen LogP contribution in [-0.4, -0.2) is 24.5 Å². The van der Waals surface area contributed by atoms with Crippen molar-refractivity contribution in [1.29, 1.82) is 0 Å². The number of ether oxygens (including phenoxy) is 1. The highest BCUT2D eigenvalue weighted by Gasteiger charge is 2.21. The van der Waals surface area contributed by atoms with E-state index in [-0.39, 0.29) is 17.9 Å². The van der Waals surface area contributed by atoms with Crippen LogP contribution in [0.2, 0.25) is 0 Å². The number of hydrogen-bond donors (Lipinski definition) is 2. The molecule has 102 valence electrons. The summed E-state index contributed by atoms with van der Waals surface area (Å²) in [6.45, 7) is 2.61. The van der Waals surface area contributed by atoms with E-state index in [1.54, 1.807) is 12.1 Å². The first-order chi connectivity index (χ1) is 9.16. The zero-order chi connectivity index (χ0) is 13.7. The van der Waals surface area contributed by atoms with Gasteiger partial charge >= 0.3 is 5.97 Å². The van der Waals surface area contributed by atoms with E-state index in [2.05, 4.69) is 10.6 Å². The average Bonchev–Trinajstić information content (AvgIpc) is 2.90. The van der Waals surface area contributed by atoms with Crippen molar-refractivity contribution in [2.24, 2.45) is 0 Å². The van der Waals surface area contributed by atoms with Crippen LogP contribution in [0.3, 0.4) is 0 Å². The largest absolute Gasteiger partial charge is 0.426 e. The van der Waals surface area contributed by atoms with Gasteiger partial charge in [-0.25, -0.2) is 0 Å². The number of carbonyl (C=O) groups is 2. The molecule has 0 spiro atoms. The highest BCUT2D eigenvalue weighted by atomic mass is 16.5. The minimum Gasteiger partial charge on any atom is -0.426 e. The van der Waals surface area contributed by atoms with E-state index in [4.69, 9.17) is 4.74 Å². The third kappa shape index (κ3) is 3.79. The third-order valence-corrected chi connectivity index (χ3v) is 3.06. The Morgan fingerprint density at radius 1 is 1.42 bits per heavy atom. The molecule has 5 nitrogen and oxygen atoms in total. The normalized spacial score (nSPS) is 18.1. The maximum Gasteiger partial charge on any atom is 0.308 e. The van der Waals surface area contributed by atoms with Gasteiger partial charge in [-0.05, 0) is 25.5 Å². The van der Waals surface area contributed by atoms with Crippen LogP contribution in [0.5, 0.6) is 5.75 Å². The zero-order valence-electron chi connectivity index (χ0n) is 10.9. The molecule has 0 radical (unpaired) electrons. The Morgan fingerprint density at radius 3 is 2.89 bits per heavy atom. The quantitative estimate of drug-likeness (QED) is 0.627. The summed E-state index contributed by atoms with van der Waals surface area (Å²) < 4.78 is 5.10. The Labute approximate surface area is 112 Å². The van der Waals surface area contributed by atoms with Crippen molar-refractivity contribution in [3.05, 3.63) is 29.8 Å².